The Balaban J connectivity index is 2.33. The van der Waals surface area contributed by atoms with E-state index in [9.17, 15) is 0 Å². The lowest BCUT2D eigenvalue weighted by molar-refractivity contribution is 0.672. The second-order valence-electron chi connectivity index (χ2n) is 2.07. The van der Waals surface area contributed by atoms with Crippen LogP contribution < -0.4 is 5.32 Å². The Morgan fingerprint density at radius 3 is 2.88 bits per heavy atom. The van der Waals surface area contributed by atoms with E-state index in [1.54, 1.807) is 0 Å². The molecular formula is C6H12N2. The molecule has 8 heavy (non-hydrogen) atoms. The molecule has 2 heteroatoms. The van der Waals surface area contributed by atoms with Crippen LogP contribution in [0.5, 0.6) is 0 Å². The van der Waals surface area contributed by atoms with Gasteiger partial charge in [-0.15, -0.1) is 0 Å². The monoisotopic (exact) mass is 112 g/mol. The van der Waals surface area contributed by atoms with E-state index in [0.717, 1.165) is 6.54 Å². The molecule has 0 atom stereocenters. The molecule has 0 aliphatic carbocycles. The normalized spacial score (nSPS) is 26.4. The van der Waals surface area contributed by atoms with Crippen molar-refractivity contribution in [3.63, 3.8) is 0 Å². The molecule has 0 aromatic rings. The molecule has 1 saturated heterocycles. The number of nitrogens with one attached hydrogen (secondary N) is 1. The van der Waals surface area contributed by atoms with Crippen LogP contribution in [0.2, 0.25) is 0 Å². The van der Waals surface area contributed by atoms with Crippen molar-refractivity contribution in [3.05, 3.63) is 0 Å². The molecule has 0 unspecified atom stereocenters. The van der Waals surface area contributed by atoms with Gasteiger partial charge >= 0.3 is 0 Å². The quantitative estimate of drug-likeness (QED) is 0.483. The van der Waals surface area contributed by atoms with Gasteiger partial charge in [0.1, 0.15) is 0 Å². The molecule has 1 rings (SSSR count). The van der Waals surface area contributed by atoms with Crippen LogP contribution in [-0.4, -0.2) is 25.8 Å². The Bertz CT molecular complexity index is 88.7. The Hall–Kier alpha value is -0.370. The lowest BCUT2D eigenvalue weighted by atomic mass is 10.1. The summed E-state index contributed by atoms with van der Waals surface area (Å²) in [5.41, 5.74) is 1.32. The van der Waals surface area contributed by atoms with Crippen molar-refractivity contribution >= 4 is 5.71 Å². The third-order valence-electron chi connectivity index (χ3n) is 1.46. The van der Waals surface area contributed by atoms with E-state index in [1.165, 1.54) is 25.1 Å². The predicted molar refractivity (Wildman–Crippen MR) is 35.5 cm³/mol. The zero-order valence-corrected chi connectivity index (χ0v) is 5.28. The second-order valence-corrected chi connectivity index (χ2v) is 2.07. The number of piperidine rings is 1. The first-order chi connectivity index (χ1) is 3.93. The average molecular weight is 112 g/mol. The topological polar surface area (TPSA) is 24.4 Å². The molecule has 0 bridgehead atoms. The van der Waals surface area contributed by atoms with E-state index in [0.29, 0.717) is 0 Å². The van der Waals surface area contributed by atoms with E-state index < -0.39 is 0 Å². The summed E-state index contributed by atoms with van der Waals surface area (Å²) >= 11 is 0. The molecule has 1 heterocycles. The molecule has 0 saturated carbocycles. The first-order valence-corrected chi connectivity index (χ1v) is 3.09. The Morgan fingerprint density at radius 1 is 1.62 bits per heavy atom. The number of nitrogens with zero attached hydrogens (tertiary/aromatic N) is 1. The van der Waals surface area contributed by atoms with Gasteiger partial charge in [0.2, 0.25) is 0 Å². The number of rotatable bonds is 0. The Kier molecular flexibility index (Phi) is 2.03. The maximum absolute atomic E-state index is 4.10. The minimum atomic E-state index is 1.01. The highest BCUT2D eigenvalue weighted by Crippen LogP contribution is 1.95. The van der Waals surface area contributed by atoms with Crippen molar-refractivity contribution in [2.24, 2.45) is 4.99 Å². The van der Waals surface area contributed by atoms with Gasteiger partial charge in [0.25, 0.3) is 0 Å². The largest absolute Gasteiger partial charge is 0.311 e. The van der Waals surface area contributed by atoms with Crippen LogP contribution in [0.1, 0.15) is 12.8 Å². The van der Waals surface area contributed by atoms with Gasteiger partial charge in [-0.2, -0.15) is 0 Å². The molecule has 0 aromatic carbocycles. The molecule has 1 aliphatic heterocycles. The smallest absolute Gasteiger partial charge is 0.0335 e. The van der Waals surface area contributed by atoms with Crippen LogP contribution in [0, 0.1) is 0 Å². The molecule has 0 aromatic heterocycles. The maximum Gasteiger partial charge on any atom is 0.0335 e. The van der Waals surface area contributed by atoms with Crippen LogP contribution in [0.25, 0.3) is 0 Å². The summed E-state index contributed by atoms with van der Waals surface area (Å²) < 4.78 is 0. The Morgan fingerprint density at radius 2 is 2.50 bits per heavy atom. The molecule has 1 N–H and O–H groups in total. The minimum Gasteiger partial charge on any atom is -0.311 e. The number of hydrogen-bond acceptors (Lipinski definition) is 2. The SMILES string of the molecule is CN=C1CCCNC1. The van der Waals surface area contributed by atoms with E-state index in [1.807, 2.05) is 7.05 Å². The van der Waals surface area contributed by atoms with E-state index in [2.05, 4.69) is 10.3 Å². The summed E-state index contributed by atoms with van der Waals surface area (Å²) in [5, 5.41) is 3.25. The highest BCUT2D eigenvalue weighted by Gasteiger charge is 2.02. The van der Waals surface area contributed by atoms with Crippen molar-refractivity contribution in [1.29, 1.82) is 0 Å². The molecular weight excluding hydrogens is 100 g/mol. The zero-order chi connectivity index (χ0) is 5.82. The van der Waals surface area contributed by atoms with Crippen LogP contribution >= 0.6 is 0 Å². The summed E-state index contributed by atoms with van der Waals surface area (Å²) in [6.45, 7) is 2.18. The lowest BCUT2D eigenvalue weighted by Gasteiger charge is -2.12. The first-order valence-electron chi connectivity index (χ1n) is 3.09. The zero-order valence-electron chi connectivity index (χ0n) is 5.28. The molecule has 1 aliphatic rings. The standard InChI is InChI=1S/C6H12N2/c1-7-6-3-2-4-8-5-6/h8H,2-5H2,1H3. The van der Waals surface area contributed by atoms with Crippen molar-refractivity contribution in [3.8, 4) is 0 Å². The average Bonchev–Trinajstić information content (AvgIpc) is 1.90. The van der Waals surface area contributed by atoms with Crippen molar-refractivity contribution in [2.45, 2.75) is 12.8 Å². The van der Waals surface area contributed by atoms with E-state index in [-0.39, 0.29) is 0 Å². The predicted octanol–water partition coefficient (Wildman–Crippen LogP) is 0.441. The summed E-state index contributed by atoms with van der Waals surface area (Å²) in [4.78, 5) is 4.10. The second kappa shape index (κ2) is 2.82. The molecule has 46 valence electrons. The fourth-order valence-electron chi connectivity index (χ4n) is 0.929. The fraction of sp³-hybridized carbons (Fsp3) is 0.833. The van der Waals surface area contributed by atoms with Crippen LogP contribution in [0.15, 0.2) is 4.99 Å². The van der Waals surface area contributed by atoms with Gasteiger partial charge in [0.15, 0.2) is 0 Å². The van der Waals surface area contributed by atoms with E-state index >= 15 is 0 Å². The van der Waals surface area contributed by atoms with Gasteiger partial charge in [0.05, 0.1) is 0 Å². The highest BCUT2D eigenvalue weighted by atomic mass is 14.9. The van der Waals surface area contributed by atoms with E-state index in [4.69, 9.17) is 0 Å². The first kappa shape index (κ1) is 5.76. The molecule has 2 nitrogen and oxygen atoms in total. The summed E-state index contributed by atoms with van der Waals surface area (Å²) in [6.07, 6.45) is 2.45. The maximum atomic E-state index is 4.10. The minimum absolute atomic E-state index is 1.01. The third-order valence-corrected chi connectivity index (χ3v) is 1.46. The van der Waals surface area contributed by atoms with Gasteiger partial charge in [-0.25, -0.2) is 0 Å². The van der Waals surface area contributed by atoms with Gasteiger partial charge in [-0.05, 0) is 19.4 Å². The number of hydrogen-bond donors (Lipinski definition) is 1. The molecule has 0 amide bonds. The molecule has 0 radical (unpaired) electrons. The summed E-state index contributed by atoms with van der Waals surface area (Å²) in [5.74, 6) is 0. The van der Waals surface area contributed by atoms with Crippen molar-refractivity contribution in [1.82, 2.24) is 5.32 Å². The van der Waals surface area contributed by atoms with Gasteiger partial charge in [-0.3, -0.25) is 4.99 Å². The van der Waals surface area contributed by atoms with Gasteiger partial charge < -0.3 is 5.32 Å². The van der Waals surface area contributed by atoms with Crippen LogP contribution in [0.3, 0.4) is 0 Å². The van der Waals surface area contributed by atoms with Gasteiger partial charge in [-0.1, -0.05) is 0 Å². The third kappa shape index (κ3) is 1.30. The van der Waals surface area contributed by atoms with Gasteiger partial charge in [0, 0.05) is 19.3 Å². The fourth-order valence-corrected chi connectivity index (χ4v) is 0.929. The van der Waals surface area contributed by atoms with Crippen LogP contribution in [-0.2, 0) is 0 Å². The van der Waals surface area contributed by atoms with Crippen molar-refractivity contribution in [2.75, 3.05) is 20.1 Å². The van der Waals surface area contributed by atoms with Crippen molar-refractivity contribution < 1.29 is 0 Å². The molecule has 0 spiro atoms. The summed E-state index contributed by atoms with van der Waals surface area (Å²) in [7, 11) is 1.86. The highest BCUT2D eigenvalue weighted by molar-refractivity contribution is 5.86. The summed E-state index contributed by atoms with van der Waals surface area (Å²) in [6, 6.07) is 0. The van der Waals surface area contributed by atoms with Crippen LogP contribution in [0.4, 0.5) is 0 Å². The number of aliphatic imine (C=N–C) groups is 1. The lowest BCUT2D eigenvalue weighted by Crippen LogP contribution is -2.29. The Labute approximate surface area is 50.0 Å². The molecule has 1 fully saturated rings.